The van der Waals surface area contributed by atoms with E-state index in [0.717, 1.165) is 0 Å². The highest BCUT2D eigenvalue weighted by Crippen LogP contribution is 1.97. The predicted octanol–water partition coefficient (Wildman–Crippen LogP) is 2.49. The zero-order valence-electron chi connectivity index (χ0n) is 3.12. The SMILES string of the molecule is C=C(Cl)/C=C/Cl. The van der Waals surface area contributed by atoms with Crippen molar-refractivity contribution in [2.75, 3.05) is 0 Å². The molecule has 6 heavy (non-hydrogen) atoms. The molecule has 2 heteroatoms. The zero-order chi connectivity index (χ0) is 4.99. The van der Waals surface area contributed by atoms with Crippen molar-refractivity contribution in [2.24, 2.45) is 0 Å². The highest BCUT2D eigenvalue weighted by molar-refractivity contribution is 6.32. The van der Waals surface area contributed by atoms with Crippen molar-refractivity contribution in [1.29, 1.82) is 0 Å². The van der Waals surface area contributed by atoms with Gasteiger partial charge in [0.25, 0.3) is 0 Å². The largest absolute Gasteiger partial charge is 0.0929 e. The zero-order valence-corrected chi connectivity index (χ0v) is 4.63. The molecule has 0 unspecified atom stereocenters. The first-order valence-electron chi connectivity index (χ1n) is 1.38. The summed E-state index contributed by atoms with van der Waals surface area (Å²) in [6.07, 6.45) is 1.50. The van der Waals surface area contributed by atoms with Crippen LogP contribution in [0.1, 0.15) is 0 Å². The molecule has 0 nitrogen and oxygen atoms in total. The van der Waals surface area contributed by atoms with Gasteiger partial charge in [0, 0.05) is 10.6 Å². The van der Waals surface area contributed by atoms with E-state index < -0.39 is 0 Å². The van der Waals surface area contributed by atoms with Crippen LogP contribution >= 0.6 is 23.2 Å². The first-order valence-corrected chi connectivity index (χ1v) is 2.20. The third kappa shape index (κ3) is 4.06. The molecule has 0 atom stereocenters. The Labute approximate surface area is 47.1 Å². The van der Waals surface area contributed by atoms with Crippen LogP contribution in [0.2, 0.25) is 0 Å². The molecule has 0 aromatic rings. The normalized spacial score (nSPS) is 9.67. The number of hydrogen-bond acceptors (Lipinski definition) is 0. The Hall–Kier alpha value is 0.0600. The summed E-state index contributed by atoms with van der Waals surface area (Å²) < 4.78 is 0. The first-order chi connectivity index (χ1) is 2.77. The van der Waals surface area contributed by atoms with Crippen LogP contribution in [0.15, 0.2) is 23.2 Å². The minimum atomic E-state index is 0.449. The van der Waals surface area contributed by atoms with Crippen LogP contribution < -0.4 is 0 Å². The van der Waals surface area contributed by atoms with E-state index in [2.05, 4.69) is 6.58 Å². The molecular weight excluding hydrogens is 119 g/mol. The van der Waals surface area contributed by atoms with Gasteiger partial charge in [0.15, 0.2) is 0 Å². The highest BCUT2D eigenvalue weighted by atomic mass is 35.5. The van der Waals surface area contributed by atoms with Crippen LogP contribution in [0.5, 0.6) is 0 Å². The summed E-state index contributed by atoms with van der Waals surface area (Å²) in [5.41, 5.74) is 1.31. The Morgan fingerprint density at radius 1 is 1.67 bits per heavy atom. The molecule has 0 bridgehead atoms. The number of rotatable bonds is 1. The fourth-order valence-corrected chi connectivity index (χ4v) is 0.348. The van der Waals surface area contributed by atoms with E-state index in [-0.39, 0.29) is 0 Å². The van der Waals surface area contributed by atoms with Gasteiger partial charge in [0.1, 0.15) is 0 Å². The molecule has 0 aliphatic heterocycles. The van der Waals surface area contributed by atoms with Gasteiger partial charge >= 0.3 is 0 Å². The third-order valence-corrected chi connectivity index (χ3v) is 0.496. The topological polar surface area (TPSA) is 0 Å². The summed E-state index contributed by atoms with van der Waals surface area (Å²) >= 11 is 10.3. The van der Waals surface area contributed by atoms with Crippen LogP contribution in [-0.4, -0.2) is 0 Å². The molecule has 0 N–H and O–H groups in total. The van der Waals surface area contributed by atoms with Crippen molar-refractivity contribution >= 4 is 23.2 Å². The van der Waals surface area contributed by atoms with Gasteiger partial charge in [-0.2, -0.15) is 0 Å². The maximum atomic E-state index is 5.21. The molecule has 0 saturated carbocycles. The molecule has 34 valence electrons. The molecule has 0 amide bonds. The average molecular weight is 123 g/mol. The van der Waals surface area contributed by atoms with Crippen LogP contribution in [-0.2, 0) is 0 Å². The Morgan fingerprint density at radius 2 is 2.17 bits per heavy atom. The van der Waals surface area contributed by atoms with Crippen LogP contribution in [0.25, 0.3) is 0 Å². The van der Waals surface area contributed by atoms with Crippen LogP contribution in [0, 0.1) is 0 Å². The maximum Gasteiger partial charge on any atom is 0.0342 e. The molecule has 0 fully saturated rings. The van der Waals surface area contributed by atoms with Gasteiger partial charge in [-0.05, 0) is 6.08 Å². The minimum Gasteiger partial charge on any atom is -0.0929 e. The fraction of sp³-hybridized carbons (Fsp3) is 0. The molecule has 0 heterocycles. The van der Waals surface area contributed by atoms with E-state index in [4.69, 9.17) is 23.2 Å². The second kappa shape index (κ2) is 3.26. The average Bonchev–Trinajstić information content (AvgIpc) is 1.35. The minimum absolute atomic E-state index is 0.449. The van der Waals surface area contributed by atoms with Crippen molar-refractivity contribution in [3.63, 3.8) is 0 Å². The summed E-state index contributed by atoms with van der Waals surface area (Å²) in [4.78, 5) is 0. The van der Waals surface area contributed by atoms with Gasteiger partial charge in [-0.1, -0.05) is 29.8 Å². The molecular formula is C4H4Cl2. The number of hydrogen-bond donors (Lipinski definition) is 0. The number of allylic oxidation sites excluding steroid dienone is 2. The molecule has 0 saturated heterocycles. The van der Waals surface area contributed by atoms with Gasteiger partial charge in [0.05, 0.1) is 0 Å². The van der Waals surface area contributed by atoms with Gasteiger partial charge in [-0.15, -0.1) is 0 Å². The van der Waals surface area contributed by atoms with Gasteiger partial charge in [0.2, 0.25) is 0 Å². The van der Waals surface area contributed by atoms with Gasteiger partial charge in [-0.3, -0.25) is 0 Å². The Balaban J connectivity index is 3.30. The van der Waals surface area contributed by atoms with Gasteiger partial charge < -0.3 is 0 Å². The quantitative estimate of drug-likeness (QED) is 0.470. The summed E-state index contributed by atoms with van der Waals surface area (Å²) in [6, 6.07) is 0. The monoisotopic (exact) mass is 122 g/mol. The lowest BCUT2D eigenvalue weighted by atomic mass is 10.6. The molecule has 0 aromatic carbocycles. The lowest BCUT2D eigenvalue weighted by Crippen LogP contribution is -1.46. The Morgan fingerprint density at radius 3 is 2.17 bits per heavy atom. The fourth-order valence-electron chi connectivity index (χ4n) is 0.0684. The summed E-state index contributed by atoms with van der Waals surface area (Å²) in [5.74, 6) is 0. The molecule has 0 aliphatic rings. The van der Waals surface area contributed by atoms with E-state index in [1.807, 2.05) is 0 Å². The lowest BCUT2D eigenvalue weighted by Gasteiger charge is -1.71. The summed E-state index contributed by atoms with van der Waals surface area (Å²) in [5, 5.41) is 0.449. The van der Waals surface area contributed by atoms with E-state index in [1.54, 1.807) is 0 Å². The van der Waals surface area contributed by atoms with Gasteiger partial charge in [-0.25, -0.2) is 0 Å². The molecule has 0 aliphatic carbocycles. The smallest absolute Gasteiger partial charge is 0.0342 e. The molecule has 0 rings (SSSR count). The standard InChI is InChI=1S/C4H4Cl2/c1-4(6)2-3-5/h2-3H,1H2/b3-2+. The Kier molecular flexibility index (Phi) is 3.29. The summed E-state index contributed by atoms with van der Waals surface area (Å²) in [6.45, 7) is 3.34. The number of halogens is 2. The van der Waals surface area contributed by atoms with Crippen LogP contribution in [0.3, 0.4) is 0 Å². The molecule has 0 radical (unpaired) electrons. The maximum absolute atomic E-state index is 5.21. The Bertz CT molecular complexity index is 73.6. The second-order valence-corrected chi connectivity index (χ2v) is 1.48. The summed E-state index contributed by atoms with van der Waals surface area (Å²) in [7, 11) is 0. The van der Waals surface area contributed by atoms with E-state index in [0.29, 0.717) is 5.03 Å². The third-order valence-electron chi connectivity index (χ3n) is 0.244. The van der Waals surface area contributed by atoms with E-state index in [9.17, 15) is 0 Å². The predicted molar refractivity (Wildman–Crippen MR) is 30.0 cm³/mol. The highest BCUT2D eigenvalue weighted by Gasteiger charge is 1.68. The van der Waals surface area contributed by atoms with Crippen molar-refractivity contribution in [3.05, 3.63) is 23.2 Å². The second-order valence-electron chi connectivity index (χ2n) is 0.740. The molecule has 0 aromatic heterocycles. The van der Waals surface area contributed by atoms with E-state index >= 15 is 0 Å². The van der Waals surface area contributed by atoms with E-state index in [1.165, 1.54) is 11.6 Å². The van der Waals surface area contributed by atoms with Crippen molar-refractivity contribution in [3.8, 4) is 0 Å². The van der Waals surface area contributed by atoms with Crippen molar-refractivity contribution < 1.29 is 0 Å². The van der Waals surface area contributed by atoms with Crippen molar-refractivity contribution in [1.82, 2.24) is 0 Å². The van der Waals surface area contributed by atoms with Crippen LogP contribution in [0.4, 0.5) is 0 Å². The first kappa shape index (κ1) is 6.06. The lowest BCUT2D eigenvalue weighted by molar-refractivity contribution is 2.01. The molecule has 0 spiro atoms. The van der Waals surface area contributed by atoms with Crippen molar-refractivity contribution in [2.45, 2.75) is 0 Å².